The van der Waals surface area contributed by atoms with E-state index >= 15 is 0 Å². The molecule has 0 saturated carbocycles. The van der Waals surface area contributed by atoms with Crippen LogP contribution in [-0.2, 0) is 116 Å². The smallest absolute Gasteiger partial charge is 0.400 e. The summed E-state index contributed by atoms with van der Waals surface area (Å²) in [5.41, 5.74) is 3.68. The zero-order chi connectivity index (χ0) is 67.2. The van der Waals surface area contributed by atoms with E-state index in [0.717, 1.165) is 29.2 Å². The first-order chi connectivity index (χ1) is 43.7. The van der Waals surface area contributed by atoms with Gasteiger partial charge in [-0.25, -0.2) is 16.7 Å². The lowest BCUT2D eigenvalue weighted by Gasteiger charge is -2.37. The van der Waals surface area contributed by atoms with E-state index in [9.17, 15) is 60.4 Å². The highest BCUT2D eigenvalue weighted by Gasteiger charge is 2.54. The highest BCUT2D eigenvalue weighted by atomic mass is 32.3. The van der Waals surface area contributed by atoms with Crippen LogP contribution < -0.4 is 0 Å². The molecule has 0 aliphatic carbocycles. The molecular formula is C57H80O29S6+2. The third kappa shape index (κ3) is 25.1. The minimum atomic E-state index is -4.82. The van der Waals surface area contributed by atoms with Crippen molar-refractivity contribution in [2.45, 2.75) is 122 Å². The van der Waals surface area contributed by atoms with Gasteiger partial charge in [0.25, 0.3) is 5.97 Å². The van der Waals surface area contributed by atoms with Crippen LogP contribution in [0.4, 0.5) is 0 Å². The lowest BCUT2D eigenvalue weighted by molar-refractivity contribution is -0.264. The Hall–Kier alpha value is -3.59. The summed E-state index contributed by atoms with van der Waals surface area (Å²) in [7, 11) is -14.8. The molecule has 35 heteroatoms. The van der Waals surface area contributed by atoms with Gasteiger partial charge in [-0.05, 0) is 11.1 Å². The van der Waals surface area contributed by atoms with Crippen molar-refractivity contribution >= 4 is 70.7 Å². The van der Waals surface area contributed by atoms with E-state index in [1.54, 1.807) is 11.8 Å². The van der Waals surface area contributed by atoms with Crippen molar-refractivity contribution < 1.29 is 135 Å². The van der Waals surface area contributed by atoms with Crippen molar-refractivity contribution in [1.82, 2.24) is 0 Å². The molecule has 6 fully saturated rings. The molecule has 29 nitrogen and oxygen atoms in total. The maximum atomic E-state index is 11.4. The average molecular weight is 1420 g/mol. The van der Waals surface area contributed by atoms with Gasteiger partial charge in [0.05, 0.1) is 76.9 Å². The number of aliphatic hydroxyl groups is 9. The van der Waals surface area contributed by atoms with Crippen molar-refractivity contribution in [3.63, 3.8) is 0 Å². The fourth-order valence-electron chi connectivity index (χ4n) is 9.94. The predicted molar refractivity (Wildman–Crippen MR) is 332 cm³/mol. The summed E-state index contributed by atoms with van der Waals surface area (Å²) in [4.78, 5) is 9.00. The first-order valence-corrected chi connectivity index (χ1v) is 36.9. The van der Waals surface area contributed by atoms with Gasteiger partial charge in [0.15, 0.2) is 23.1 Å². The number of aliphatic hydroxyl groups excluding tert-OH is 9. The number of benzene rings is 4. The third-order valence-corrected chi connectivity index (χ3v) is 23.2. The summed E-state index contributed by atoms with van der Waals surface area (Å²) in [6.07, 6.45) is -11.3. The van der Waals surface area contributed by atoms with Crippen molar-refractivity contribution in [2.24, 2.45) is 0 Å². The number of ether oxygens (including phenoxy) is 6. The summed E-state index contributed by atoms with van der Waals surface area (Å²) in [6, 6.07) is 38.0. The molecule has 6 aliphatic rings. The molecule has 0 radical (unpaired) electrons. The summed E-state index contributed by atoms with van der Waals surface area (Å²) < 4.78 is 137. The van der Waals surface area contributed by atoms with E-state index in [2.05, 4.69) is 8.37 Å². The van der Waals surface area contributed by atoms with Crippen LogP contribution >= 0.6 is 11.8 Å². The second kappa shape index (κ2) is 37.8. The number of rotatable bonds is 21. The fraction of sp³-hybridized carbons (Fsp3) is 0.561. The Morgan fingerprint density at radius 3 is 1.67 bits per heavy atom. The molecule has 6 heterocycles. The van der Waals surface area contributed by atoms with Crippen LogP contribution in [0.1, 0.15) is 41.8 Å². The molecule has 0 amide bonds. The number of fused-ring (bicyclic) bond motifs is 1. The van der Waals surface area contributed by atoms with Gasteiger partial charge in [-0.15, -0.1) is 0 Å². The maximum absolute atomic E-state index is 11.4. The largest absolute Gasteiger partial charge is 0.481 e. The standard InChI is InChI=1S/C23H28O9S2.C12H16O3S.C11H12O6S.C9H18O9S2.C2H4O2/c24-11-21-22(29-12-16-7-3-1-4-8-16)18(25)14-33(21)15-20-19(32-34(26,27)28)13-30-23(31-20)17-9-5-2-6-10-17;13-6-11-12(10(14)8-16-11)15-7-9-4-2-1-3-5-9;12-18(13)15-7-9-10(17-18)6-14-11(16-9)8-4-2-1-3-5-8;10-1-7(18-20(15,16)17)5(12)3-19-4-6(13)9(14)8(19)2-11;1-2(3)4/h1-10,18-25H,11-15H2;1-5,10-14H,6-8H2;1-5,9-11H,6-7H2;5-14H,1-4H2;1H3,(H,3,4)/p+2/t18-,19+,20-,21-,22+,23?,33?;10-,11-,12+;9-,10+,11?;5-,6-,7-,8-,9+,19?;/m1111./s1. The number of carbonyl (C=O) groups is 1. The van der Waals surface area contributed by atoms with Crippen molar-refractivity contribution in [2.75, 3.05) is 75.0 Å². The molecule has 4 aromatic rings. The van der Waals surface area contributed by atoms with Crippen LogP contribution in [0.5, 0.6) is 0 Å². The number of carboxylic acid groups (broad SMARTS) is 1. The normalized spacial score (nSPS) is 31.5. The molecular weight excluding hydrogens is 1340 g/mol. The van der Waals surface area contributed by atoms with Crippen LogP contribution in [0.2, 0.25) is 0 Å². The Balaban J connectivity index is 0.000000200. The van der Waals surface area contributed by atoms with Gasteiger partial charge in [0, 0.05) is 45.6 Å². The van der Waals surface area contributed by atoms with Gasteiger partial charge in [-0.2, -0.15) is 37.0 Å². The monoisotopic (exact) mass is 1420 g/mol. The number of carboxylic acids is 1. The zero-order valence-corrected chi connectivity index (χ0v) is 54.4. The van der Waals surface area contributed by atoms with Crippen LogP contribution in [0, 0.1) is 0 Å². The van der Waals surface area contributed by atoms with E-state index in [-0.39, 0.29) is 61.1 Å². The molecule has 4 aromatic carbocycles. The Labute approximate surface area is 543 Å². The van der Waals surface area contributed by atoms with Gasteiger partial charge in [-0.3, -0.25) is 13.9 Å². The average Bonchev–Trinajstić information content (AvgIpc) is 1.25. The van der Waals surface area contributed by atoms with Gasteiger partial charge >= 0.3 is 31.2 Å². The Kier molecular flexibility index (Phi) is 31.8. The summed E-state index contributed by atoms with van der Waals surface area (Å²) in [5, 5.41) is 93.1. The van der Waals surface area contributed by atoms with Crippen molar-refractivity contribution in [3.05, 3.63) is 144 Å². The van der Waals surface area contributed by atoms with Gasteiger partial charge in [-0.1, -0.05) is 121 Å². The molecule has 0 aromatic heterocycles. The predicted octanol–water partition coefficient (Wildman–Crippen LogP) is -0.638. The third-order valence-electron chi connectivity index (χ3n) is 14.4. The van der Waals surface area contributed by atoms with E-state index in [0.29, 0.717) is 30.5 Å². The first kappa shape index (κ1) is 77.4. The highest BCUT2D eigenvalue weighted by Crippen LogP contribution is 2.35. The molecule has 4 unspecified atom stereocenters. The molecule has 10 rings (SSSR count). The SMILES string of the molecule is CC(=O)O.O=S(=O)(O)O[C@H](CO)[C@H](O)C[S+]1C[C@@H](O)[C@H](O)[C@H]1CO.O=S(=O)(O)O[C@H]1COC(c2ccccc2)O[C@@H]1C[S+]1C[C@@H](O)[C@H](OCc2ccccc2)[C@H]1CO.O=S1(=O)OC[C@H]2OC(c3ccccc3)OC[C@@H]2O1.OC[C@H]1SC[C@@H](O)[C@@H]1OCc1ccccc1. The lowest BCUT2D eigenvalue weighted by atomic mass is 10.1. The molecule has 19 atom stereocenters. The van der Waals surface area contributed by atoms with E-state index in [1.807, 2.05) is 121 Å². The van der Waals surface area contributed by atoms with Crippen LogP contribution in [0.15, 0.2) is 121 Å². The number of thioether (sulfide) groups is 1. The molecule has 0 bridgehead atoms. The summed E-state index contributed by atoms with van der Waals surface area (Å²) in [6.45, 7) is 0.502. The Bertz CT molecular complexity index is 3110. The Morgan fingerprint density at radius 2 is 1.16 bits per heavy atom. The number of hydrogen-bond acceptors (Lipinski definition) is 27. The molecule has 12 N–H and O–H groups in total. The lowest BCUT2D eigenvalue weighted by Crippen LogP contribution is -2.49. The second-order valence-electron chi connectivity index (χ2n) is 21.2. The molecule has 516 valence electrons. The van der Waals surface area contributed by atoms with E-state index in [4.69, 9.17) is 66.6 Å². The number of aliphatic carboxylic acids is 1. The van der Waals surface area contributed by atoms with Gasteiger partial charge in [0.2, 0.25) is 0 Å². The minimum absolute atomic E-state index is 0.00119. The van der Waals surface area contributed by atoms with E-state index < -0.39 is 157 Å². The first-order valence-electron chi connectivity index (χ1n) is 28.5. The van der Waals surface area contributed by atoms with Crippen molar-refractivity contribution in [1.29, 1.82) is 0 Å². The molecule has 6 saturated heterocycles. The van der Waals surface area contributed by atoms with Crippen LogP contribution in [0.3, 0.4) is 0 Å². The van der Waals surface area contributed by atoms with Crippen LogP contribution in [-0.4, -0.2) is 255 Å². The van der Waals surface area contributed by atoms with Crippen molar-refractivity contribution in [3.8, 4) is 0 Å². The number of hydrogen-bond donors (Lipinski definition) is 12. The minimum Gasteiger partial charge on any atom is -0.481 e. The van der Waals surface area contributed by atoms with Gasteiger partial charge < -0.3 is 79.5 Å². The van der Waals surface area contributed by atoms with E-state index in [1.165, 1.54) is 0 Å². The second-order valence-corrected chi connectivity index (χ2v) is 30.5. The summed E-state index contributed by atoms with van der Waals surface area (Å²) >= 11 is 1.57. The molecule has 92 heavy (non-hydrogen) atoms. The summed E-state index contributed by atoms with van der Waals surface area (Å²) in [5.74, 6) is 0.554. The Morgan fingerprint density at radius 1 is 0.652 bits per heavy atom. The topological polar surface area (TPSA) is 455 Å². The molecule has 0 spiro atoms. The molecule has 6 aliphatic heterocycles. The quantitative estimate of drug-likeness (QED) is 0.0365. The van der Waals surface area contributed by atoms with Gasteiger partial charge in [0.1, 0.15) is 84.1 Å². The highest BCUT2D eigenvalue weighted by molar-refractivity contribution is 8.00. The fourth-order valence-corrected chi connectivity index (χ4v) is 18.5. The van der Waals surface area contributed by atoms with Crippen LogP contribution in [0.25, 0.3) is 0 Å². The zero-order valence-electron chi connectivity index (χ0n) is 49.5. The maximum Gasteiger partial charge on any atom is 0.400 e.